The number of aliphatic hydroxyl groups excluding tert-OH is 1. The molecule has 0 amide bonds. The SMILES string of the molecule is COc1ccc(CNC(O)NC2=CC=C(CNCCC3CC3)CC=C2)cc1. The van der Waals surface area contributed by atoms with E-state index in [1.807, 2.05) is 36.4 Å². The molecule has 0 aliphatic heterocycles. The highest BCUT2D eigenvalue weighted by Gasteiger charge is 2.19. The minimum absolute atomic E-state index is 0.571. The smallest absolute Gasteiger partial charge is 0.181 e. The summed E-state index contributed by atoms with van der Waals surface area (Å²) in [7, 11) is 1.65. The molecule has 0 bridgehead atoms. The van der Waals surface area contributed by atoms with E-state index >= 15 is 0 Å². The lowest BCUT2D eigenvalue weighted by Gasteiger charge is -2.16. The van der Waals surface area contributed by atoms with E-state index < -0.39 is 6.35 Å². The Kier molecular flexibility index (Phi) is 7.51. The van der Waals surface area contributed by atoms with Gasteiger partial charge >= 0.3 is 0 Å². The highest BCUT2D eigenvalue weighted by molar-refractivity contribution is 5.31. The third-order valence-corrected chi connectivity index (χ3v) is 4.92. The van der Waals surface area contributed by atoms with Crippen molar-refractivity contribution in [2.45, 2.75) is 38.6 Å². The number of hydrogen-bond acceptors (Lipinski definition) is 5. The van der Waals surface area contributed by atoms with E-state index in [-0.39, 0.29) is 0 Å². The van der Waals surface area contributed by atoms with Crippen molar-refractivity contribution in [3.8, 4) is 5.75 Å². The zero-order chi connectivity index (χ0) is 18.9. The molecule has 1 aromatic carbocycles. The molecule has 5 heteroatoms. The predicted octanol–water partition coefficient (Wildman–Crippen LogP) is 2.81. The maximum Gasteiger partial charge on any atom is 0.181 e. The van der Waals surface area contributed by atoms with Crippen molar-refractivity contribution in [1.29, 1.82) is 0 Å². The number of allylic oxidation sites excluding steroid dienone is 4. The van der Waals surface area contributed by atoms with Gasteiger partial charge in [0.05, 0.1) is 7.11 Å². The first kappa shape index (κ1) is 19.7. The highest BCUT2D eigenvalue weighted by Crippen LogP contribution is 2.31. The van der Waals surface area contributed by atoms with Gasteiger partial charge in [0.25, 0.3) is 0 Å². The number of methoxy groups -OCH3 is 1. The Balaban J connectivity index is 1.39. The molecule has 1 saturated carbocycles. The number of rotatable bonds is 11. The first-order valence-corrected chi connectivity index (χ1v) is 9.81. The molecule has 146 valence electrons. The average molecular weight is 370 g/mol. The number of benzene rings is 1. The van der Waals surface area contributed by atoms with Crippen molar-refractivity contribution >= 4 is 0 Å². The molecule has 27 heavy (non-hydrogen) atoms. The summed E-state index contributed by atoms with van der Waals surface area (Å²) in [4.78, 5) is 0. The molecule has 1 aromatic rings. The van der Waals surface area contributed by atoms with Gasteiger partial charge in [-0.25, -0.2) is 0 Å². The van der Waals surface area contributed by atoms with Crippen molar-refractivity contribution < 1.29 is 9.84 Å². The summed E-state index contributed by atoms with van der Waals surface area (Å²) in [6.07, 6.45) is 12.6. The molecule has 1 fully saturated rings. The van der Waals surface area contributed by atoms with Gasteiger partial charge in [0.2, 0.25) is 0 Å². The zero-order valence-corrected chi connectivity index (χ0v) is 16.1. The van der Waals surface area contributed by atoms with Crippen molar-refractivity contribution in [3.05, 3.63) is 65.4 Å². The molecule has 1 atom stereocenters. The van der Waals surface area contributed by atoms with E-state index in [2.05, 4.69) is 28.1 Å². The van der Waals surface area contributed by atoms with Gasteiger partial charge in [-0.05, 0) is 55.2 Å². The third kappa shape index (κ3) is 7.21. The van der Waals surface area contributed by atoms with Crippen LogP contribution in [0, 0.1) is 5.92 Å². The summed E-state index contributed by atoms with van der Waals surface area (Å²) in [6, 6.07) is 7.79. The Morgan fingerprint density at radius 3 is 2.70 bits per heavy atom. The Morgan fingerprint density at radius 2 is 1.96 bits per heavy atom. The van der Waals surface area contributed by atoms with Crippen LogP contribution in [-0.2, 0) is 6.54 Å². The molecule has 0 radical (unpaired) electrons. The molecule has 0 spiro atoms. The molecular weight excluding hydrogens is 338 g/mol. The first-order chi connectivity index (χ1) is 13.2. The van der Waals surface area contributed by atoms with Crippen molar-refractivity contribution in [3.63, 3.8) is 0 Å². The van der Waals surface area contributed by atoms with Gasteiger partial charge in [0, 0.05) is 18.8 Å². The van der Waals surface area contributed by atoms with Gasteiger partial charge in [-0.2, -0.15) is 0 Å². The maximum absolute atomic E-state index is 10.2. The van der Waals surface area contributed by atoms with E-state index in [9.17, 15) is 5.11 Å². The van der Waals surface area contributed by atoms with Crippen LogP contribution < -0.4 is 20.7 Å². The topological polar surface area (TPSA) is 65.5 Å². The van der Waals surface area contributed by atoms with Gasteiger partial charge in [0.15, 0.2) is 6.35 Å². The lowest BCUT2D eigenvalue weighted by Crippen LogP contribution is -2.40. The standard InChI is InChI=1S/C22H31N3O2/c1-27-21-11-8-19(9-12-21)16-24-22(26)25-20-4-2-3-18(7-10-20)15-23-14-13-17-5-6-17/h2,4,7-12,17,22-26H,3,5-6,13-16H2,1H3. The Hall–Kier alpha value is -2.08. The minimum Gasteiger partial charge on any atom is -0.497 e. The van der Waals surface area contributed by atoms with Crippen LogP contribution in [0.25, 0.3) is 0 Å². The molecule has 0 heterocycles. The molecule has 1 unspecified atom stereocenters. The highest BCUT2D eigenvalue weighted by atomic mass is 16.5. The zero-order valence-electron chi connectivity index (χ0n) is 16.1. The molecular formula is C22H31N3O2. The van der Waals surface area contributed by atoms with Gasteiger partial charge < -0.3 is 20.5 Å². The third-order valence-electron chi connectivity index (χ3n) is 4.92. The van der Waals surface area contributed by atoms with E-state index in [0.29, 0.717) is 6.54 Å². The van der Waals surface area contributed by atoms with E-state index in [1.165, 1.54) is 24.8 Å². The lowest BCUT2D eigenvalue weighted by atomic mass is 10.2. The number of ether oxygens (including phenoxy) is 1. The first-order valence-electron chi connectivity index (χ1n) is 9.81. The fourth-order valence-corrected chi connectivity index (χ4v) is 3.02. The largest absolute Gasteiger partial charge is 0.497 e. The monoisotopic (exact) mass is 369 g/mol. The summed E-state index contributed by atoms with van der Waals surface area (Å²) in [5.41, 5.74) is 3.35. The van der Waals surface area contributed by atoms with Crippen LogP contribution in [-0.4, -0.2) is 31.7 Å². The molecule has 2 aliphatic rings. The minimum atomic E-state index is -0.811. The fourth-order valence-electron chi connectivity index (χ4n) is 3.02. The average Bonchev–Trinajstić information content (AvgIpc) is 3.52. The molecule has 3 rings (SSSR count). The van der Waals surface area contributed by atoms with Crippen LogP contribution in [0.3, 0.4) is 0 Å². The Bertz CT molecular complexity index is 675. The predicted molar refractivity (Wildman–Crippen MR) is 109 cm³/mol. The lowest BCUT2D eigenvalue weighted by molar-refractivity contribution is 0.112. The number of aliphatic hydroxyl groups is 1. The second-order valence-corrected chi connectivity index (χ2v) is 7.24. The van der Waals surface area contributed by atoms with Crippen molar-refractivity contribution in [2.75, 3.05) is 20.2 Å². The summed E-state index contributed by atoms with van der Waals surface area (Å²) < 4.78 is 5.15. The summed E-state index contributed by atoms with van der Waals surface area (Å²) in [5, 5.41) is 19.9. The molecule has 0 saturated heterocycles. The molecule has 4 N–H and O–H groups in total. The molecule has 2 aliphatic carbocycles. The summed E-state index contributed by atoms with van der Waals surface area (Å²) in [6.45, 7) is 2.61. The maximum atomic E-state index is 10.2. The van der Waals surface area contributed by atoms with Crippen LogP contribution >= 0.6 is 0 Å². The molecule has 0 aromatic heterocycles. The second-order valence-electron chi connectivity index (χ2n) is 7.24. The van der Waals surface area contributed by atoms with Crippen LogP contribution in [0.1, 0.15) is 31.2 Å². The van der Waals surface area contributed by atoms with Gasteiger partial charge in [-0.3, -0.25) is 5.32 Å². The van der Waals surface area contributed by atoms with Crippen LogP contribution in [0.4, 0.5) is 0 Å². The quantitative estimate of drug-likeness (QED) is 0.357. The van der Waals surface area contributed by atoms with Gasteiger partial charge in [0.1, 0.15) is 5.75 Å². The van der Waals surface area contributed by atoms with Crippen molar-refractivity contribution in [1.82, 2.24) is 16.0 Å². The van der Waals surface area contributed by atoms with Gasteiger partial charge in [-0.15, -0.1) is 0 Å². The van der Waals surface area contributed by atoms with E-state index in [4.69, 9.17) is 4.74 Å². The fraction of sp³-hybridized carbons (Fsp3) is 0.455. The number of nitrogens with one attached hydrogen (secondary N) is 3. The normalized spacial score (nSPS) is 17.7. The summed E-state index contributed by atoms with van der Waals surface area (Å²) >= 11 is 0. The summed E-state index contributed by atoms with van der Waals surface area (Å²) in [5.74, 6) is 1.80. The number of hydrogen-bond donors (Lipinski definition) is 4. The van der Waals surface area contributed by atoms with Crippen LogP contribution in [0.15, 0.2) is 59.8 Å². The van der Waals surface area contributed by atoms with Gasteiger partial charge in [-0.1, -0.05) is 42.7 Å². The Morgan fingerprint density at radius 1 is 1.15 bits per heavy atom. The van der Waals surface area contributed by atoms with E-state index in [0.717, 1.165) is 42.4 Å². The van der Waals surface area contributed by atoms with Crippen molar-refractivity contribution in [2.24, 2.45) is 5.92 Å². The second kappa shape index (κ2) is 10.3. The molecule has 5 nitrogen and oxygen atoms in total. The van der Waals surface area contributed by atoms with Crippen LogP contribution in [0.5, 0.6) is 5.75 Å². The van der Waals surface area contributed by atoms with E-state index in [1.54, 1.807) is 7.11 Å². The van der Waals surface area contributed by atoms with Crippen LogP contribution in [0.2, 0.25) is 0 Å². The Labute approximate surface area is 162 Å².